The summed E-state index contributed by atoms with van der Waals surface area (Å²) >= 11 is 1.47. The van der Waals surface area contributed by atoms with E-state index in [0.717, 1.165) is 28.5 Å². The highest BCUT2D eigenvalue weighted by molar-refractivity contribution is 8.03. The van der Waals surface area contributed by atoms with E-state index >= 15 is 0 Å². The van der Waals surface area contributed by atoms with Crippen LogP contribution in [-0.2, 0) is 0 Å². The summed E-state index contributed by atoms with van der Waals surface area (Å²) < 4.78 is 0. The number of anilines is 1. The molecule has 6 heteroatoms. The van der Waals surface area contributed by atoms with Crippen molar-refractivity contribution >= 4 is 23.3 Å². The van der Waals surface area contributed by atoms with Gasteiger partial charge in [0, 0.05) is 24.1 Å². The first-order valence-electron chi connectivity index (χ1n) is 14.2. The average molecular weight is 598 g/mol. The number of aliphatic imine (C=N–C) groups is 1. The maximum atomic E-state index is 6.49. The maximum Gasteiger partial charge on any atom is 0.180 e. The second-order valence-corrected chi connectivity index (χ2v) is 10.2. The quantitative estimate of drug-likeness (QED) is 0.144. The molecule has 0 aromatic heterocycles. The molecule has 0 unspecified atom stereocenters. The summed E-state index contributed by atoms with van der Waals surface area (Å²) in [5.41, 5.74) is 10.7. The summed E-state index contributed by atoms with van der Waals surface area (Å²) in [4.78, 5) is 8.08. The molecule has 5 nitrogen and oxygen atoms in total. The van der Waals surface area contributed by atoms with E-state index in [0.29, 0.717) is 10.9 Å². The van der Waals surface area contributed by atoms with Crippen molar-refractivity contribution in [3.63, 3.8) is 0 Å². The van der Waals surface area contributed by atoms with Crippen LogP contribution in [0.25, 0.3) is 0 Å². The fourth-order valence-corrected chi connectivity index (χ4v) is 4.47. The molecule has 2 aromatic rings. The molecule has 0 fully saturated rings. The molecule has 3 rings (SSSR count). The minimum Gasteiger partial charge on any atom is -0.390 e. The number of amidine groups is 1. The lowest BCUT2D eigenvalue weighted by atomic mass is 10.1. The lowest BCUT2D eigenvalue weighted by molar-refractivity contribution is 0.551. The molecule has 0 bridgehead atoms. The molecule has 0 aliphatic carbocycles. The van der Waals surface area contributed by atoms with E-state index in [1.807, 2.05) is 108 Å². The van der Waals surface area contributed by atoms with E-state index in [9.17, 15) is 0 Å². The summed E-state index contributed by atoms with van der Waals surface area (Å²) in [6.45, 7) is 23.0. The van der Waals surface area contributed by atoms with Crippen LogP contribution in [0.3, 0.4) is 0 Å². The summed E-state index contributed by atoms with van der Waals surface area (Å²) in [6.07, 6.45) is 19.2. The van der Waals surface area contributed by atoms with Gasteiger partial charge in [0.1, 0.15) is 10.9 Å². The number of rotatable bonds is 7. The SMILES string of the molecule is C/C=C\C(=C/C)CN(C)C1=N/C(=C(/N)Sc2cccc(C)c2)N(N)c2ccccc21.C=C/C=C\C.C=C/C=C\C.C=CC. The van der Waals surface area contributed by atoms with Crippen LogP contribution in [0, 0.1) is 6.92 Å². The monoisotopic (exact) mass is 597 g/mol. The van der Waals surface area contributed by atoms with Gasteiger partial charge in [-0.25, -0.2) is 10.8 Å². The van der Waals surface area contributed by atoms with Crippen LogP contribution in [-0.4, -0.2) is 24.3 Å². The van der Waals surface area contributed by atoms with E-state index in [2.05, 4.69) is 55.8 Å². The number of nitrogens with two attached hydrogens (primary N) is 2. The zero-order valence-electron chi connectivity index (χ0n) is 27.1. The number of likely N-dealkylation sites (N-methyl/N-ethyl adjacent to an activating group) is 1. The van der Waals surface area contributed by atoms with Crippen LogP contribution in [0.5, 0.6) is 0 Å². The number of hydrazine groups is 1. The molecule has 1 aliphatic heterocycles. The smallest absolute Gasteiger partial charge is 0.180 e. The highest BCUT2D eigenvalue weighted by Gasteiger charge is 2.26. The van der Waals surface area contributed by atoms with E-state index in [-0.39, 0.29) is 0 Å². The molecular formula is C37H51N5S. The Morgan fingerprint density at radius 2 is 1.53 bits per heavy atom. The highest BCUT2D eigenvalue weighted by Crippen LogP contribution is 2.34. The van der Waals surface area contributed by atoms with Crippen molar-refractivity contribution in [1.29, 1.82) is 0 Å². The van der Waals surface area contributed by atoms with Gasteiger partial charge in [0.25, 0.3) is 0 Å². The third kappa shape index (κ3) is 14.5. The Bertz CT molecular complexity index is 1310. The number of para-hydroxylation sites is 1. The number of hydrogen-bond donors (Lipinski definition) is 2. The van der Waals surface area contributed by atoms with Crippen LogP contribution in [0.1, 0.15) is 45.7 Å². The van der Waals surface area contributed by atoms with Gasteiger partial charge in [-0.15, -0.1) is 6.58 Å². The third-order valence-electron chi connectivity index (χ3n) is 5.47. The molecule has 4 N–H and O–H groups in total. The van der Waals surface area contributed by atoms with Crippen LogP contribution in [0.15, 0.2) is 155 Å². The number of allylic oxidation sites excluding steroid dienone is 9. The standard InChI is InChI=1S/C24H29N5S.2C5H8.C3H6/c1-5-10-18(6-2)16-28(4)23-20-13-7-8-14-21(20)29(26)24(27-23)22(25)30-19-12-9-11-17(3)15-19;2*1-3-5-4-2;1-3-2/h5-15H,16,25-26H2,1-4H3;2*3-5H,1H2,2H3;3H,1H2,2H3/b10-5-,18-6+,24-22+;2*5-4-;. The fourth-order valence-electron chi connectivity index (χ4n) is 3.59. The predicted molar refractivity (Wildman–Crippen MR) is 195 cm³/mol. The Balaban J connectivity index is 0.00000114. The molecule has 0 saturated heterocycles. The van der Waals surface area contributed by atoms with Gasteiger partial charge in [-0.1, -0.05) is 116 Å². The zero-order valence-corrected chi connectivity index (χ0v) is 27.9. The summed E-state index contributed by atoms with van der Waals surface area (Å²) in [5.74, 6) is 7.84. The average Bonchev–Trinajstić information content (AvgIpc) is 2.99. The molecular weight excluding hydrogens is 547 g/mol. The molecule has 0 spiro atoms. The second-order valence-electron chi connectivity index (χ2n) is 9.08. The van der Waals surface area contributed by atoms with Crippen molar-refractivity contribution in [2.24, 2.45) is 16.6 Å². The first-order valence-corrected chi connectivity index (χ1v) is 15.0. The van der Waals surface area contributed by atoms with Crippen molar-refractivity contribution in [2.45, 2.75) is 46.4 Å². The molecule has 2 aromatic carbocycles. The van der Waals surface area contributed by atoms with Crippen molar-refractivity contribution in [3.05, 3.63) is 157 Å². The van der Waals surface area contributed by atoms with Crippen molar-refractivity contribution in [3.8, 4) is 0 Å². The number of fused-ring (bicyclic) bond motifs is 1. The molecule has 230 valence electrons. The number of benzene rings is 2. The predicted octanol–water partition coefficient (Wildman–Crippen LogP) is 9.46. The minimum absolute atomic E-state index is 0.551. The van der Waals surface area contributed by atoms with Gasteiger partial charge in [0.15, 0.2) is 5.82 Å². The van der Waals surface area contributed by atoms with Gasteiger partial charge in [-0.3, -0.25) is 5.01 Å². The van der Waals surface area contributed by atoms with Crippen molar-refractivity contribution in [2.75, 3.05) is 18.6 Å². The Morgan fingerprint density at radius 3 is 2.02 bits per heavy atom. The van der Waals surface area contributed by atoms with Gasteiger partial charge in [0.05, 0.1) is 5.69 Å². The van der Waals surface area contributed by atoms with E-state index in [4.69, 9.17) is 16.6 Å². The molecule has 1 heterocycles. The van der Waals surface area contributed by atoms with Gasteiger partial charge in [0.2, 0.25) is 0 Å². The minimum atomic E-state index is 0.551. The number of aryl methyl sites for hydroxylation is 1. The first-order chi connectivity index (χ1) is 20.7. The van der Waals surface area contributed by atoms with Crippen molar-refractivity contribution < 1.29 is 0 Å². The van der Waals surface area contributed by atoms with E-state index < -0.39 is 0 Å². The lowest BCUT2D eigenvalue weighted by Crippen LogP contribution is -2.40. The fraction of sp³-hybridized carbons (Fsp3) is 0.216. The molecule has 0 saturated carbocycles. The Morgan fingerprint density at radius 1 is 0.930 bits per heavy atom. The third-order valence-corrected chi connectivity index (χ3v) is 6.36. The van der Waals surface area contributed by atoms with Gasteiger partial charge in [-0.2, -0.15) is 0 Å². The normalized spacial score (nSPS) is 13.4. The summed E-state index contributed by atoms with van der Waals surface area (Å²) in [6, 6.07) is 16.2. The molecule has 0 radical (unpaired) electrons. The summed E-state index contributed by atoms with van der Waals surface area (Å²) in [5, 5.41) is 2.14. The number of hydrogen-bond acceptors (Lipinski definition) is 6. The Kier molecular flexibility index (Phi) is 21.0. The summed E-state index contributed by atoms with van der Waals surface area (Å²) in [7, 11) is 2.04. The Labute approximate surface area is 265 Å². The highest BCUT2D eigenvalue weighted by atomic mass is 32.2. The van der Waals surface area contributed by atoms with Crippen LogP contribution in [0.4, 0.5) is 5.69 Å². The first kappa shape index (κ1) is 38.7. The largest absolute Gasteiger partial charge is 0.390 e. The van der Waals surface area contributed by atoms with E-state index in [1.165, 1.54) is 22.9 Å². The molecule has 1 aliphatic rings. The van der Waals surface area contributed by atoms with Crippen LogP contribution >= 0.6 is 11.8 Å². The lowest BCUT2D eigenvalue weighted by Gasteiger charge is -2.32. The van der Waals surface area contributed by atoms with Crippen LogP contribution < -0.4 is 16.6 Å². The van der Waals surface area contributed by atoms with Crippen molar-refractivity contribution in [1.82, 2.24) is 4.90 Å². The van der Waals surface area contributed by atoms with Gasteiger partial charge >= 0.3 is 0 Å². The maximum absolute atomic E-state index is 6.49. The van der Waals surface area contributed by atoms with E-state index in [1.54, 1.807) is 23.2 Å². The van der Waals surface area contributed by atoms with Gasteiger partial charge < -0.3 is 10.6 Å². The Hall–Kier alpha value is -4.26. The second kappa shape index (κ2) is 23.3. The molecule has 0 atom stereocenters. The number of nitrogens with zero attached hydrogens (tertiary/aromatic N) is 3. The zero-order chi connectivity index (χ0) is 32.6. The molecule has 43 heavy (non-hydrogen) atoms. The van der Waals surface area contributed by atoms with Crippen LogP contribution in [0.2, 0.25) is 0 Å². The molecule has 0 amide bonds. The van der Waals surface area contributed by atoms with Gasteiger partial charge in [-0.05, 0) is 71.4 Å². The number of thioether (sulfide) groups is 1. The topological polar surface area (TPSA) is 70.9 Å².